The molecular weight excluding hydrogens is 301 g/mol. The molecule has 0 saturated carbocycles. The van der Waals surface area contributed by atoms with Crippen molar-refractivity contribution in [2.75, 3.05) is 13.2 Å². The molecule has 0 saturated heterocycles. The second-order valence-corrected chi connectivity index (χ2v) is 7.45. The van der Waals surface area contributed by atoms with Gasteiger partial charge in [0.1, 0.15) is 13.2 Å². The molecule has 0 rings (SSSR count). The highest BCUT2D eigenvalue weighted by molar-refractivity contribution is 7.54. The zero-order chi connectivity index (χ0) is 16.5. The van der Waals surface area contributed by atoms with Gasteiger partial charge in [-0.05, 0) is 12.8 Å². The van der Waals surface area contributed by atoms with E-state index in [-0.39, 0.29) is 0 Å². The molecular formula is C16H37NO4P+2. The molecule has 0 aromatic carbocycles. The Hall–Kier alpha value is 0.230. The van der Waals surface area contributed by atoms with E-state index in [1.54, 1.807) is 0 Å². The average Bonchev–Trinajstić information content (AvgIpc) is 2.53. The van der Waals surface area contributed by atoms with Gasteiger partial charge in [-0.25, -0.2) is 0 Å². The largest absolute Gasteiger partial charge is 0.665 e. The van der Waals surface area contributed by atoms with Crippen LogP contribution in [0.4, 0.5) is 0 Å². The second kappa shape index (κ2) is 16.1. The lowest BCUT2D eigenvalue weighted by atomic mass is 10.1. The number of quaternary nitrogens is 1. The van der Waals surface area contributed by atoms with Crippen molar-refractivity contribution >= 4 is 8.17 Å². The maximum Gasteiger partial charge on any atom is 0.665 e. The van der Waals surface area contributed by atoms with Gasteiger partial charge in [0.05, 0.1) is 4.89 Å². The smallest absolute Gasteiger partial charge is 0.164 e. The van der Waals surface area contributed by atoms with Crippen LogP contribution < -0.4 is 5.90 Å². The summed E-state index contributed by atoms with van der Waals surface area (Å²) in [6.07, 6.45) is 13.9. The first-order chi connectivity index (χ1) is 10.7. The van der Waals surface area contributed by atoms with E-state index < -0.39 is 8.17 Å². The fourth-order valence-corrected chi connectivity index (χ4v) is 3.16. The topological polar surface area (TPSA) is 75.2 Å². The maximum atomic E-state index is 12.1. The Kier molecular flexibility index (Phi) is 16.3. The first-order valence-electron chi connectivity index (χ1n) is 9.01. The number of unbranched alkanes of at least 4 members (excludes halogenated alkanes) is 10. The minimum absolute atomic E-state index is 0.412. The Morgan fingerprint density at radius 2 is 1.05 bits per heavy atom. The Bertz CT molecular complexity index is 214. The molecule has 22 heavy (non-hydrogen) atoms. The summed E-state index contributed by atoms with van der Waals surface area (Å²) in [5.41, 5.74) is 0. The number of hydrogen-bond donors (Lipinski definition) is 1. The van der Waals surface area contributed by atoms with Gasteiger partial charge in [0.15, 0.2) is 0 Å². The van der Waals surface area contributed by atoms with E-state index >= 15 is 0 Å². The van der Waals surface area contributed by atoms with Gasteiger partial charge in [-0.15, -0.1) is 9.05 Å². The van der Waals surface area contributed by atoms with Crippen LogP contribution in [0.1, 0.15) is 90.9 Å². The van der Waals surface area contributed by atoms with Gasteiger partial charge in [0.2, 0.25) is 0 Å². The first-order valence-corrected chi connectivity index (χ1v) is 10.5. The van der Waals surface area contributed by atoms with Crippen LogP contribution in [0.15, 0.2) is 0 Å². The van der Waals surface area contributed by atoms with Gasteiger partial charge in [-0.1, -0.05) is 78.1 Å². The molecule has 0 fully saturated rings. The molecule has 133 valence electrons. The van der Waals surface area contributed by atoms with Crippen LogP contribution in [-0.4, -0.2) is 13.2 Å². The highest BCUT2D eigenvalue weighted by Gasteiger charge is 2.50. The van der Waals surface area contributed by atoms with Crippen molar-refractivity contribution in [3.05, 3.63) is 0 Å². The summed E-state index contributed by atoms with van der Waals surface area (Å²) in [6, 6.07) is 0. The molecule has 0 aliphatic rings. The van der Waals surface area contributed by atoms with Gasteiger partial charge in [-0.3, -0.25) is 0 Å². The Morgan fingerprint density at radius 1 is 0.682 bits per heavy atom. The molecule has 6 heteroatoms. The van der Waals surface area contributed by atoms with Gasteiger partial charge in [0, 0.05) is 4.62 Å². The monoisotopic (exact) mass is 338 g/mol. The lowest BCUT2D eigenvalue weighted by molar-refractivity contribution is -0.647. The molecule has 0 amide bonds. The van der Waals surface area contributed by atoms with Crippen LogP contribution in [0.25, 0.3) is 0 Å². The zero-order valence-electron chi connectivity index (χ0n) is 14.7. The Balaban J connectivity index is 3.54. The minimum atomic E-state index is -3.43. The molecule has 0 aliphatic heterocycles. The van der Waals surface area contributed by atoms with Crippen molar-refractivity contribution in [3.8, 4) is 0 Å². The Morgan fingerprint density at radius 3 is 1.41 bits per heavy atom. The molecule has 0 aliphatic carbocycles. The zero-order valence-corrected chi connectivity index (χ0v) is 15.6. The third kappa shape index (κ3) is 13.9. The molecule has 1 radical (unpaired) electrons. The van der Waals surface area contributed by atoms with Crippen LogP contribution in [-0.2, 0) is 18.6 Å². The molecule has 5 nitrogen and oxygen atoms in total. The van der Waals surface area contributed by atoms with Crippen LogP contribution in [0.5, 0.6) is 0 Å². The highest BCUT2D eigenvalue weighted by atomic mass is 31.2. The van der Waals surface area contributed by atoms with Gasteiger partial charge in [0.25, 0.3) is 0 Å². The van der Waals surface area contributed by atoms with E-state index in [1.807, 2.05) is 0 Å². The molecule has 0 aromatic heterocycles. The van der Waals surface area contributed by atoms with E-state index in [0.717, 1.165) is 25.7 Å². The summed E-state index contributed by atoms with van der Waals surface area (Å²) in [7, 11) is -3.43. The fraction of sp³-hybridized carbons (Fsp3) is 1.00. The maximum absolute atomic E-state index is 12.1. The third-order valence-corrected chi connectivity index (χ3v) is 4.97. The summed E-state index contributed by atoms with van der Waals surface area (Å²) < 4.78 is 15.2. The van der Waals surface area contributed by atoms with E-state index in [2.05, 4.69) is 24.4 Å². The highest BCUT2D eigenvalue weighted by Crippen LogP contribution is 2.57. The summed E-state index contributed by atoms with van der Waals surface area (Å²) in [5, 5.41) is 0. The van der Waals surface area contributed by atoms with Crippen molar-refractivity contribution in [1.29, 1.82) is 0 Å². The molecule has 0 spiro atoms. The van der Waals surface area contributed by atoms with Crippen LogP contribution in [0.3, 0.4) is 0 Å². The van der Waals surface area contributed by atoms with Crippen molar-refractivity contribution in [2.45, 2.75) is 90.9 Å². The normalized spacial score (nSPS) is 12.0. The van der Waals surface area contributed by atoms with E-state index in [9.17, 15) is 4.89 Å². The lowest BCUT2D eigenvalue weighted by Gasteiger charge is -2.08. The molecule has 3 N–H and O–H groups in total. The molecule has 0 unspecified atom stereocenters. The predicted molar refractivity (Wildman–Crippen MR) is 90.2 cm³/mol. The molecule has 0 bridgehead atoms. The standard InChI is InChI=1S/C16H37NO4P/c1-3-5-7-9-11-13-15-19-22(18,21-17)20-16-14-12-10-8-6-4-2/h3-16H2,1-2,17H3/q+2. The SMILES string of the molecule is CCCCCCCCO[P+]([O])(O[NH3+])OCCCCCCCC. The predicted octanol–water partition coefficient (Wildman–Crippen LogP) is 5.02. The number of hydrogen-bond acceptors (Lipinski definition) is 3. The van der Waals surface area contributed by atoms with Gasteiger partial charge < -0.3 is 0 Å². The van der Waals surface area contributed by atoms with Crippen molar-refractivity contribution < 1.29 is 24.5 Å². The summed E-state index contributed by atoms with van der Waals surface area (Å²) in [5.74, 6) is 3.22. The van der Waals surface area contributed by atoms with Gasteiger partial charge in [-0.2, -0.15) is 5.90 Å². The average molecular weight is 338 g/mol. The van der Waals surface area contributed by atoms with Gasteiger partial charge >= 0.3 is 8.17 Å². The fourth-order valence-electron chi connectivity index (χ4n) is 2.23. The van der Waals surface area contributed by atoms with Crippen LogP contribution >= 0.6 is 8.17 Å². The quantitative estimate of drug-likeness (QED) is 0.230. The van der Waals surface area contributed by atoms with E-state index in [0.29, 0.717) is 13.2 Å². The molecule has 0 atom stereocenters. The van der Waals surface area contributed by atoms with E-state index in [4.69, 9.17) is 9.05 Å². The van der Waals surface area contributed by atoms with E-state index in [1.165, 1.54) is 51.4 Å². The third-order valence-electron chi connectivity index (χ3n) is 3.65. The summed E-state index contributed by atoms with van der Waals surface area (Å²) in [6.45, 7) is 5.23. The molecule has 0 heterocycles. The summed E-state index contributed by atoms with van der Waals surface area (Å²) in [4.78, 5) is 12.1. The lowest BCUT2D eigenvalue weighted by Crippen LogP contribution is -2.48. The minimum Gasteiger partial charge on any atom is -0.164 e. The van der Waals surface area contributed by atoms with Crippen molar-refractivity contribution in [2.24, 2.45) is 0 Å². The first kappa shape index (κ1) is 22.2. The summed E-state index contributed by atoms with van der Waals surface area (Å²) >= 11 is 0. The second-order valence-electron chi connectivity index (χ2n) is 5.78. The van der Waals surface area contributed by atoms with Crippen molar-refractivity contribution in [1.82, 2.24) is 0 Å². The Labute approximate surface area is 137 Å². The van der Waals surface area contributed by atoms with Crippen molar-refractivity contribution in [3.63, 3.8) is 0 Å². The van der Waals surface area contributed by atoms with Crippen LogP contribution in [0.2, 0.25) is 0 Å². The number of rotatable bonds is 17. The molecule has 0 aromatic rings. The van der Waals surface area contributed by atoms with Crippen LogP contribution in [0, 0.1) is 0 Å².